The molecule has 1 aliphatic heterocycles. The first kappa shape index (κ1) is 17.3. The predicted octanol–water partition coefficient (Wildman–Crippen LogP) is 2.34. The molecule has 0 saturated carbocycles. The minimum atomic E-state index is -0.178. The van der Waals surface area contributed by atoms with Gasteiger partial charge in [-0.05, 0) is 11.6 Å². The molecule has 0 atom stereocenters. The number of anilines is 1. The van der Waals surface area contributed by atoms with Crippen molar-refractivity contribution in [3.8, 4) is 0 Å². The van der Waals surface area contributed by atoms with Gasteiger partial charge in [0.2, 0.25) is 5.91 Å². The van der Waals surface area contributed by atoms with E-state index in [0.717, 1.165) is 42.7 Å². The van der Waals surface area contributed by atoms with Crippen LogP contribution in [-0.2, 0) is 16.0 Å². The Kier molecular flexibility index (Phi) is 6.30. The first-order chi connectivity index (χ1) is 12.3. The number of amides is 1. The molecule has 3 rings (SSSR count). The van der Waals surface area contributed by atoms with Crippen molar-refractivity contribution in [1.29, 1.82) is 0 Å². The van der Waals surface area contributed by atoms with Crippen LogP contribution < -0.4 is 10.3 Å². The number of benzene rings is 1. The molecule has 1 N–H and O–H groups in total. The lowest BCUT2D eigenvalue weighted by molar-refractivity contribution is -0.120. The summed E-state index contributed by atoms with van der Waals surface area (Å²) in [6, 6.07) is 9.90. The molecule has 0 spiro atoms. The molecular formula is C18H20N4O2S. The number of nitrogens with zero attached hydrogens (tertiary/aromatic N) is 3. The number of allylic oxidation sites excluding steroid dienone is 1. The molecule has 1 aliphatic rings. The van der Waals surface area contributed by atoms with E-state index in [0.29, 0.717) is 0 Å². The summed E-state index contributed by atoms with van der Waals surface area (Å²) in [5, 5.41) is 6.78. The number of carbonyl (C=O) groups is 1. The van der Waals surface area contributed by atoms with Gasteiger partial charge in [-0.15, -0.1) is 11.3 Å². The van der Waals surface area contributed by atoms with E-state index < -0.39 is 0 Å². The molecule has 0 bridgehead atoms. The van der Waals surface area contributed by atoms with Crippen LogP contribution in [0.1, 0.15) is 11.3 Å². The van der Waals surface area contributed by atoms with Gasteiger partial charge in [-0.2, -0.15) is 5.10 Å². The zero-order valence-electron chi connectivity index (χ0n) is 13.8. The van der Waals surface area contributed by atoms with Gasteiger partial charge in [-0.3, -0.25) is 4.79 Å². The van der Waals surface area contributed by atoms with Gasteiger partial charge in [0.1, 0.15) is 0 Å². The summed E-state index contributed by atoms with van der Waals surface area (Å²) in [6.45, 7) is 3.13. The van der Waals surface area contributed by atoms with Gasteiger partial charge in [-0.1, -0.05) is 36.4 Å². The molecular weight excluding hydrogens is 336 g/mol. The van der Waals surface area contributed by atoms with Crippen molar-refractivity contribution >= 4 is 34.7 Å². The molecule has 7 heteroatoms. The van der Waals surface area contributed by atoms with Crippen molar-refractivity contribution in [1.82, 2.24) is 10.4 Å². The summed E-state index contributed by atoms with van der Waals surface area (Å²) in [6.07, 6.45) is 5.49. The Labute approximate surface area is 150 Å². The van der Waals surface area contributed by atoms with Crippen LogP contribution in [0.2, 0.25) is 0 Å². The van der Waals surface area contributed by atoms with Crippen LogP contribution in [0.25, 0.3) is 6.08 Å². The fourth-order valence-corrected chi connectivity index (χ4v) is 3.23. The Morgan fingerprint density at radius 3 is 2.92 bits per heavy atom. The Balaban J connectivity index is 1.44. The SMILES string of the molecule is O=C(Cc1csc(N2CCOCC2)n1)N/N=C\C=C\c1ccccc1. The van der Waals surface area contributed by atoms with Crippen LogP contribution in [0.4, 0.5) is 5.13 Å². The fraction of sp³-hybridized carbons (Fsp3) is 0.278. The quantitative estimate of drug-likeness (QED) is 0.637. The normalized spacial score (nSPS) is 15.1. The lowest BCUT2D eigenvalue weighted by atomic mass is 10.2. The molecule has 0 radical (unpaired) electrons. The van der Waals surface area contributed by atoms with Gasteiger partial charge in [0.25, 0.3) is 0 Å². The number of rotatable bonds is 6. The summed E-state index contributed by atoms with van der Waals surface area (Å²) in [5.41, 5.74) is 4.36. The molecule has 1 aromatic heterocycles. The maximum Gasteiger partial charge on any atom is 0.246 e. The number of hydrogen-bond donors (Lipinski definition) is 1. The van der Waals surface area contributed by atoms with Crippen molar-refractivity contribution in [3.63, 3.8) is 0 Å². The lowest BCUT2D eigenvalue weighted by Gasteiger charge is -2.26. The molecule has 2 heterocycles. The first-order valence-corrected chi connectivity index (χ1v) is 9.00. The van der Waals surface area contributed by atoms with Crippen LogP contribution in [0.5, 0.6) is 0 Å². The van der Waals surface area contributed by atoms with E-state index in [9.17, 15) is 4.79 Å². The number of thiazole rings is 1. The monoisotopic (exact) mass is 356 g/mol. The standard InChI is InChI=1S/C18H20N4O2S/c23-17(21-19-8-4-7-15-5-2-1-3-6-15)13-16-14-25-18(20-16)22-9-11-24-12-10-22/h1-8,14H,9-13H2,(H,21,23)/b7-4+,19-8-. The average molecular weight is 356 g/mol. The van der Waals surface area contributed by atoms with E-state index in [1.165, 1.54) is 0 Å². The molecule has 1 fully saturated rings. The maximum atomic E-state index is 11.9. The van der Waals surface area contributed by atoms with E-state index in [4.69, 9.17) is 4.74 Å². The van der Waals surface area contributed by atoms with Crippen molar-refractivity contribution in [2.75, 3.05) is 31.2 Å². The van der Waals surface area contributed by atoms with Gasteiger partial charge in [0.05, 0.1) is 25.3 Å². The molecule has 130 valence electrons. The van der Waals surface area contributed by atoms with Crippen molar-refractivity contribution in [3.05, 3.63) is 53.0 Å². The predicted molar refractivity (Wildman–Crippen MR) is 101 cm³/mol. The van der Waals surface area contributed by atoms with E-state index in [2.05, 4.69) is 20.4 Å². The van der Waals surface area contributed by atoms with Crippen LogP contribution in [-0.4, -0.2) is 43.4 Å². The summed E-state index contributed by atoms with van der Waals surface area (Å²) < 4.78 is 5.33. The topological polar surface area (TPSA) is 66.8 Å². The van der Waals surface area contributed by atoms with Gasteiger partial charge in [0, 0.05) is 24.7 Å². The van der Waals surface area contributed by atoms with Gasteiger partial charge >= 0.3 is 0 Å². The van der Waals surface area contributed by atoms with Gasteiger partial charge in [-0.25, -0.2) is 10.4 Å². The molecule has 1 amide bonds. The highest BCUT2D eigenvalue weighted by Gasteiger charge is 2.15. The molecule has 1 aromatic carbocycles. The Morgan fingerprint density at radius 1 is 1.32 bits per heavy atom. The Hall–Kier alpha value is -2.51. The lowest BCUT2D eigenvalue weighted by Crippen LogP contribution is -2.36. The Morgan fingerprint density at radius 2 is 2.12 bits per heavy atom. The highest BCUT2D eigenvalue weighted by atomic mass is 32.1. The second-order valence-electron chi connectivity index (χ2n) is 5.48. The van der Waals surface area contributed by atoms with Crippen molar-refractivity contribution < 1.29 is 9.53 Å². The molecule has 25 heavy (non-hydrogen) atoms. The van der Waals surface area contributed by atoms with Crippen LogP contribution in [0.3, 0.4) is 0 Å². The van der Waals surface area contributed by atoms with Crippen LogP contribution >= 0.6 is 11.3 Å². The number of aromatic nitrogens is 1. The third-order valence-electron chi connectivity index (χ3n) is 3.60. The molecule has 1 saturated heterocycles. The van der Waals surface area contributed by atoms with Crippen LogP contribution in [0, 0.1) is 0 Å². The molecule has 2 aromatic rings. The number of nitrogens with one attached hydrogen (secondary N) is 1. The molecule has 6 nitrogen and oxygen atoms in total. The molecule has 0 aliphatic carbocycles. The minimum Gasteiger partial charge on any atom is -0.378 e. The summed E-state index contributed by atoms with van der Waals surface area (Å²) in [4.78, 5) is 18.6. The van der Waals surface area contributed by atoms with Gasteiger partial charge < -0.3 is 9.64 Å². The van der Waals surface area contributed by atoms with Crippen molar-refractivity contribution in [2.24, 2.45) is 5.10 Å². The van der Waals surface area contributed by atoms with E-state index in [-0.39, 0.29) is 12.3 Å². The number of ether oxygens (including phenoxy) is 1. The molecule has 0 unspecified atom stereocenters. The summed E-state index contributed by atoms with van der Waals surface area (Å²) in [7, 11) is 0. The first-order valence-electron chi connectivity index (χ1n) is 8.12. The van der Waals surface area contributed by atoms with Gasteiger partial charge in [0.15, 0.2) is 5.13 Å². The third kappa shape index (κ3) is 5.51. The van der Waals surface area contributed by atoms with Crippen molar-refractivity contribution in [2.45, 2.75) is 6.42 Å². The maximum absolute atomic E-state index is 11.9. The summed E-state index contributed by atoms with van der Waals surface area (Å²) >= 11 is 1.56. The van der Waals surface area contributed by atoms with E-state index in [1.54, 1.807) is 23.6 Å². The number of carbonyl (C=O) groups excluding carboxylic acids is 1. The smallest absolute Gasteiger partial charge is 0.246 e. The zero-order chi connectivity index (χ0) is 17.3. The highest BCUT2D eigenvalue weighted by molar-refractivity contribution is 7.13. The third-order valence-corrected chi connectivity index (χ3v) is 4.55. The highest BCUT2D eigenvalue weighted by Crippen LogP contribution is 2.21. The second-order valence-corrected chi connectivity index (χ2v) is 6.32. The number of morpholine rings is 1. The minimum absolute atomic E-state index is 0.178. The van der Waals surface area contributed by atoms with E-state index >= 15 is 0 Å². The second kappa shape index (κ2) is 9.10. The van der Waals surface area contributed by atoms with Crippen LogP contribution in [0.15, 0.2) is 46.9 Å². The fourth-order valence-electron chi connectivity index (χ4n) is 2.35. The average Bonchev–Trinajstić information content (AvgIpc) is 3.11. The largest absolute Gasteiger partial charge is 0.378 e. The zero-order valence-corrected chi connectivity index (χ0v) is 14.6. The number of hydrazone groups is 1. The number of hydrogen-bond acceptors (Lipinski definition) is 6. The summed E-state index contributed by atoms with van der Waals surface area (Å²) in [5.74, 6) is -0.178. The Bertz CT molecular complexity index is 737. The van der Waals surface area contributed by atoms with E-state index in [1.807, 2.05) is 41.8 Å².